The molecular weight excluding hydrogens is 164 g/mol. The van der Waals surface area contributed by atoms with E-state index in [1.807, 2.05) is 11.8 Å². The minimum Gasteiger partial charge on any atom is -0.129 e. The fourth-order valence-electron chi connectivity index (χ4n) is 1.41. The summed E-state index contributed by atoms with van der Waals surface area (Å²) in [6.45, 7) is 6.67. The molecule has 0 radical (unpaired) electrons. The molecule has 0 amide bonds. The summed E-state index contributed by atoms with van der Waals surface area (Å²) in [5, 5.41) is 0. The van der Waals surface area contributed by atoms with Crippen LogP contribution in [0, 0.1) is 6.92 Å². The van der Waals surface area contributed by atoms with E-state index in [1.54, 1.807) is 0 Å². The lowest BCUT2D eigenvalue weighted by atomic mass is 10.0. The Balaban J connectivity index is 3.18. The Morgan fingerprint density at radius 3 is 2.33 bits per heavy atom. The third kappa shape index (κ3) is 1.84. The lowest BCUT2D eigenvalue weighted by molar-refractivity contribution is 0.838. The van der Waals surface area contributed by atoms with Crippen LogP contribution in [-0.4, -0.2) is 6.26 Å². The third-order valence-electron chi connectivity index (χ3n) is 2.07. The molecule has 0 aliphatic carbocycles. The number of aryl methyl sites for hydroxylation is 1. The Kier molecular flexibility index (Phi) is 3.21. The summed E-state index contributed by atoms with van der Waals surface area (Å²) in [5.41, 5.74) is 2.87. The molecule has 0 unspecified atom stereocenters. The van der Waals surface area contributed by atoms with E-state index in [4.69, 9.17) is 0 Å². The van der Waals surface area contributed by atoms with Crippen molar-refractivity contribution in [1.29, 1.82) is 0 Å². The average Bonchev–Trinajstić information content (AvgIpc) is 2.03. The molecule has 0 aliphatic heterocycles. The highest BCUT2D eigenvalue weighted by Crippen LogP contribution is 2.29. The van der Waals surface area contributed by atoms with Gasteiger partial charge in [-0.05, 0) is 30.2 Å². The second kappa shape index (κ2) is 3.99. The van der Waals surface area contributed by atoms with Gasteiger partial charge in [0.15, 0.2) is 0 Å². The molecule has 1 aromatic rings. The van der Waals surface area contributed by atoms with Gasteiger partial charge >= 0.3 is 0 Å². The van der Waals surface area contributed by atoms with Crippen molar-refractivity contribution in [1.82, 2.24) is 0 Å². The van der Waals surface area contributed by atoms with Crippen molar-refractivity contribution >= 4 is 11.8 Å². The zero-order valence-corrected chi connectivity index (χ0v) is 9.03. The van der Waals surface area contributed by atoms with Crippen molar-refractivity contribution in [2.45, 2.75) is 31.6 Å². The van der Waals surface area contributed by atoms with E-state index in [-0.39, 0.29) is 0 Å². The van der Waals surface area contributed by atoms with Gasteiger partial charge in [-0.25, -0.2) is 0 Å². The fourth-order valence-corrected chi connectivity index (χ4v) is 2.34. The van der Waals surface area contributed by atoms with E-state index in [9.17, 15) is 0 Å². The van der Waals surface area contributed by atoms with E-state index in [0.29, 0.717) is 5.92 Å². The zero-order chi connectivity index (χ0) is 9.14. The molecule has 0 aromatic heterocycles. The molecule has 0 nitrogen and oxygen atoms in total. The minimum atomic E-state index is 0.632. The van der Waals surface area contributed by atoms with E-state index in [1.165, 1.54) is 16.0 Å². The zero-order valence-electron chi connectivity index (χ0n) is 8.22. The van der Waals surface area contributed by atoms with Crippen LogP contribution < -0.4 is 0 Å². The summed E-state index contributed by atoms with van der Waals surface area (Å²) in [4.78, 5) is 1.45. The maximum absolute atomic E-state index is 2.24. The molecule has 12 heavy (non-hydrogen) atoms. The first-order valence-electron chi connectivity index (χ1n) is 4.30. The summed E-state index contributed by atoms with van der Waals surface area (Å²) in [7, 11) is 0. The Morgan fingerprint density at radius 2 is 1.92 bits per heavy atom. The highest BCUT2D eigenvalue weighted by atomic mass is 32.2. The lowest BCUT2D eigenvalue weighted by Gasteiger charge is -2.12. The van der Waals surface area contributed by atoms with Gasteiger partial charge in [0.05, 0.1) is 0 Å². The Hall–Kier alpha value is -0.430. The molecule has 0 bridgehead atoms. The molecular formula is C11H16S. The van der Waals surface area contributed by atoms with Crippen LogP contribution in [-0.2, 0) is 0 Å². The van der Waals surface area contributed by atoms with E-state index in [0.717, 1.165) is 0 Å². The topological polar surface area (TPSA) is 0 Å². The highest BCUT2D eigenvalue weighted by molar-refractivity contribution is 7.98. The van der Waals surface area contributed by atoms with Gasteiger partial charge in [-0.3, -0.25) is 0 Å². The number of benzene rings is 1. The lowest BCUT2D eigenvalue weighted by Crippen LogP contribution is -1.92. The van der Waals surface area contributed by atoms with E-state index in [2.05, 4.69) is 45.2 Å². The molecule has 0 spiro atoms. The molecule has 0 heterocycles. The number of hydrogen-bond donors (Lipinski definition) is 0. The number of rotatable bonds is 2. The van der Waals surface area contributed by atoms with Crippen molar-refractivity contribution in [2.24, 2.45) is 0 Å². The Morgan fingerprint density at radius 1 is 1.25 bits per heavy atom. The normalized spacial score (nSPS) is 10.8. The van der Waals surface area contributed by atoms with Crippen molar-refractivity contribution in [3.8, 4) is 0 Å². The maximum atomic E-state index is 2.24. The quantitative estimate of drug-likeness (QED) is 0.623. The van der Waals surface area contributed by atoms with E-state index < -0.39 is 0 Å². The van der Waals surface area contributed by atoms with Gasteiger partial charge in [-0.15, -0.1) is 11.8 Å². The second-order valence-electron chi connectivity index (χ2n) is 3.35. The van der Waals surface area contributed by atoms with Gasteiger partial charge in [0.25, 0.3) is 0 Å². The SMILES string of the molecule is CSc1c(C)cccc1C(C)C. The van der Waals surface area contributed by atoms with Crippen LogP contribution in [0.4, 0.5) is 0 Å². The largest absolute Gasteiger partial charge is 0.129 e. The predicted molar refractivity (Wildman–Crippen MR) is 57.0 cm³/mol. The van der Waals surface area contributed by atoms with Crippen molar-refractivity contribution < 1.29 is 0 Å². The summed E-state index contributed by atoms with van der Waals surface area (Å²) in [6, 6.07) is 6.55. The van der Waals surface area contributed by atoms with Crippen molar-refractivity contribution in [3.63, 3.8) is 0 Å². The van der Waals surface area contributed by atoms with Crippen LogP contribution in [0.5, 0.6) is 0 Å². The van der Waals surface area contributed by atoms with E-state index >= 15 is 0 Å². The van der Waals surface area contributed by atoms with Gasteiger partial charge in [0.1, 0.15) is 0 Å². The van der Waals surface area contributed by atoms with Gasteiger partial charge in [0.2, 0.25) is 0 Å². The molecule has 0 saturated heterocycles. The van der Waals surface area contributed by atoms with Crippen LogP contribution in [0.15, 0.2) is 23.1 Å². The summed E-state index contributed by atoms with van der Waals surface area (Å²) < 4.78 is 0. The van der Waals surface area contributed by atoms with Crippen LogP contribution in [0.25, 0.3) is 0 Å². The van der Waals surface area contributed by atoms with Crippen molar-refractivity contribution in [3.05, 3.63) is 29.3 Å². The predicted octanol–water partition coefficient (Wildman–Crippen LogP) is 3.84. The van der Waals surface area contributed by atoms with Crippen molar-refractivity contribution in [2.75, 3.05) is 6.26 Å². The van der Waals surface area contributed by atoms with Gasteiger partial charge in [-0.1, -0.05) is 32.0 Å². The van der Waals surface area contributed by atoms with Crippen LogP contribution in [0.1, 0.15) is 30.9 Å². The molecule has 0 N–H and O–H groups in total. The highest BCUT2D eigenvalue weighted by Gasteiger charge is 2.06. The Labute approximate surface area is 79.4 Å². The second-order valence-corrected chi connectivity index (χ2v) is 4.17. The smallest absolute Gasteiger partial charge is 0.0133 e. The third-order valence-corrected chi connectivity index (χ3v) is 3.03. The number of hydrogen-bond acceptors (Lipinski definition) is 1. The van der Waals surface area contributed by atoms with Gasteiger partial charge in [0, 0.05) is 4.90 Å². The molecule has 0 aliphatic rings. The molecule has 1 heteroatoms. The number of thioether (sulfide) groups is 1. The van der Waals surface area contributed by atoms with Crippen LogP contribution in [0.2, 0.25) is 0 Å². The van der Waals surface area contributed by atoms with Gasteiger partial charge < -0.3 is 0 Å². The monoisotopic (exact) mass is 180 g/mol. The maximum Gasteiger partial charge on any atom is 0.0133 e. The van der Waals surface area contributed by atoms with Crippen LogP contribution >= 0.6 is 11.8 Å². The first-order chi connectivity index (χ1) is 5.66. The molecule has 1 rings (SSSR count). The molecule has 0 atom stereocenters. The summed E-state index contributed by atoms with van der Waals surface area (Å²) in [5.74, 6) is 0.632. The molecule has 0 saturated carbocycles. The molecule has 1 aromatic carbocycles. The molecule has 66 valence electrons. The minimum absolute atomic E-state index is 0.632. The average molecular weight is 180 g/mol. The molecule has 0 fully saturated rings. The fraction of sp³-hybridized carbons (Fsp3) is 0.455. The summed E-state index contributed by atoms with van der Waals surface area (Å²) in [6.07, 6.45) is 2.15. The Bertz CT molecular complexity index is 264. The standard InChI is InChI=1S/C11H16S/c1-8(2)10-7-5-6-9(3)11(10)12-4/h5-8H,1-4H3. The van der Waals surface area contributed by atoms with Gasteiger partial charge in [-0.2, -0.15) is 0 Å². The summed E-state index contributed by atoms with van der Waals surface area (Å²) >= 11 is 1.85. The first kappa shape index (κ1) is 9.66. The van der Waals surface area contributed by atoms with Crippen LogP contribution in [0.3, 0.4) is 0 Å². The first-order valence-corrected chi connectivity index (χ1v) is 5.52.